The van der Waals surface area contributed by atoms with Gasteiger partial charge in [-0.15, -0.1) is 0 Å². The molecule has 0 saturated heterocycles. The first-order valence-corrected chi connectivity index (χ1v) is 6.43. The van der Waals surface area contributed by atoms with Gasteiger partial charge in [0, 0.05) is 16.4 Å². The van der Waals surface area contributed by atoms with E-state index < -0.39 is 0 Å². The number of hydrogen-bond acceptors (Lipinski definition) is 1. The van der Waals surface area contributed by atoms with Crippen molar-refractivity contribution in [3.05, 3.63) is 46.4 Å². The van der Waals surface area contributed by atoms with Gasteiger partial charge in [-0.25, -0.2) is 0 Å². The fraction of sp³-hybridized carbons (Fsp3) is 0.286. The SMILES string of the molecule is NCC1(c2cccc3cc(Br)ccc23)CC1. The Morgan fingerprint density at radius 3 is 2.69 bits per heavy atom. The van der Waals surface area contributed by atoms with Crippen LogP contribution in [0.1, 0.15) is 18.4 Å². The van der Waals surface area contributed by atoms with Gasteiger partial charge < -0.3 is 5.73 Å². The van der Waals surface area contributed by atoms with Crippen LogP contribution in [-0.2, 0) is 5.41 Å². The van der Waals surface area contributed by atoms with Crippen molar-refractivity contribution in [1.82, 2.24) is 0 Å². The second-order valence-electron chi connectivity index (χ2n) is 4.66. The number of halogens is 1. The molecule has 82 valence electrons. The van der Waals surface area contributed by atoms with Crippen LogP contribution in [0.25, 0.3) is 10.8 Å². The summed E-state index contributed by atoms with van der Waals surface area (Å²) in [5.41, 5.74) is 7.61. The third-order valence-electron chi connectivity index (χ3n) is 3.66. The summed E-state index contributed by atoms with van der Waals surface area (Å²) in [5, 5.41) is 2.65. The van der Waals surface area contributed by atoms with Crippen LogP contribution in [-0.4, -0.2) is 6.54 Å². The maximum atomic E-state index is 5.91. The van der Waals surface area contributed by atoms with Gasteiger partial charge in [0.25, 0.3) is 0 Å². The van der Waals surface area contributed by atoms with Gasteiger partial charge in [-0.1, -0.05) is 40.2 Å². The normalized spacial score (nSPS) is 17.6. The van der Waals surface area contributed by atoms with Crippen LogP contribution in [0.3, 0.4) is 0 Å². The summed E-state index contributed by atoms with van der Waals surface area (Å²) >= 11 is 3.52. The van der Waals surface area contributed by atoms with Crippen LogP contribution in [0.15, 0.2) is 40.9 Å². The molecule has 0 bridgehead atoms. The Morgan fingerprint density at radius 2 is 2.00 bits per heavy atom. The van der Waals surface area contributed by atoms with Gasteiger partial charge in [-0.05, 0) is 41.3 Å². The standard InChI is InChI=1S/C14H14BrN/c15-11-4-5-12-10(8-11)2-1-3-13(12)14(9-16)6-7-14/h1-5,8H,6-7,9,16H2. The molecule has 3 rings (SSSR count). The van der Waals surface area contributed by atoms with E-state index in [0.29, 0.717) is 0 Å². The lowest BCUT2D eigenvalue weighted by atomic mass is 9.91. The maximum absolute atomic E-state index is 5.91. The molecule has 0 unspecified atom stereocenters. The lowest BCUT2D eigenvalue weighted by Gasteiger charge is -2.15. The van der Waals surface area contributed by atoms with Crippen molar-refractivity contribution in [3.8, 4) is 0 Å². The summed E-state index contributed by atoms with van der Waals surface area (Å²) in [7, 11) is 0. The molecule has 1 fully saturated rings. The van der Waals surface area contributed by atoms with E-state index in [-0.39, 0.29) is 5.41 Å². The summed E-state index contributed by atoms with van der Waals surface area (Å²) in [5.74, 6) is 0. The molecule has 2 aromatic carbocycles. The third kappa shape index (κ3) is 1.48. The minimum Gasteiger partial charge on any atom is -0.330 e. The van der Waals surface area contributed by atoms with Crippen LogP contribution in [0.4, 0.5) is 0 Å². The predicted molar refractivity (Wildman–Crippen MR) is 71.6 cm³/mol. The summed E-state index contributed by atoms with van der Waals surface area (Å²) in [4.78, 5) is 0. The molecule has 1 nitrogen and oxygen atoms in total. The van der Waals surface area contributed by atoms with Crippen molar-refractivity contribution in [2.75, 3.05) is 6.54 Å². The molecule has 2 aromatic rings. The molecule has 2 N–H and O–H groups in total. The van der Waals surface area contributed by atoms with Gasteiger partial charge in [-0.2, -0.15) is 0 Å². The highest BCUT2D eigenvalue weighted by Gasteiger charge is 2.43. The molecule has 1 aliphatic carbocycles. The minimum absolute atomic E-state index is 0.271. The topological polar surface area (TPSA) is 26.0 Å². The predicted octanol–water partition coefficient (Wildman–Crippen LogP) is 3.59. The van der Waals surface area contributed by atoms with Crippen molar-refractivity contribution < 1.29 is 0 Å². The lowest BCUT2D eigenvalue weighted by molar-refractivity contribution is 0.711. The van der Waals surface area contributed by atoms with E-state index in [1.807, 2.05) is 0 Å². The Labute approximate surface area is 104 Å². The van der Waals surface area contributed by atoms with Crippen molar-refractivity contribution in [3.63, 3.8) is 0 Å². The summed E-state index contributed by atoms with van der Waals surface area (Å²) < 4.78 is 1.13. The quantitative estimate of drug-likeness (QED) is 0.891. The summed E-state index contributed by atoms with van der Waals surface area (Å²) in [6.45, 7) is 0.766. The molecule has 0 amide bonds. The number of rotatable bonds is 2. The lowest BCUT2D eigenvalue weighted by Crippen LogP contribution is -2.19. The van der Waals surface area contributed by atoms with Gasteiger partial charge in [0.15, 0.2) is 0 Å². The largest absolute Gasteiger partial charge is 0.330 e. The Morgan fingerprint density at radius 1 is 1.19 bits per heavy atom. The zero-order chi connectivity index (χ0) is 11.2. The van der Waals surface area contributed by atoms with Gasteiger partial charge in [0.2, 0.25) is 0 Å². The average molecular weight is 276 g/mol. The van der Waals surface area contributed by atoms with E-state index in [2.05, 4.69) is 52.3 Å². The first-order chi connectivity index (χ1) is 7.75. The van der Waals surface area contributed by atoms with E-state index >= 15 is 0 Å². The third-order valence-corrected chi connectivity index (χ3v) is 4.15. The Hall–Kier alpha value is -0.860. The average Bonchev–Trinajstić information content (AvgIpc) is 3.08. The molecule has 0 aliphatic heterocycles. The summed E-state index contributed by atoms with van der Waals surface area (Å²) in [6, 6.07) is 13.0. The van der Waals surface area contributed by atoms with Gasteiger partial charge >= 0.3 is 0 Å². The zero-order valence-corrected chi connectivity index (χ0v) is 10.6. The van der Waals surface area contributed by atoms with Gasteiger partial charge in [0.1, 0.15) is 0 Å². The van der Waals surface area contributed by atoms with Gasteiger partial charge in [-0.3, -0.25) is 0 Å². The van der Waals surface area contributed by atoms with E-state index in [1.54, 1.807) is 0 Å². The molecule has 1 aliphatic rings. The van der Waals surface area contributed by atoms with Gasteiger partial charge in [0.05, 0.1) is 0 Å². The second kappa shape index (κ2) is 3.57. The van der Waals surface area contributed by atoms with Crippen molar-refractivity contribution in [1.29, 1.82) is 0 Å². The van der Waals surface area contributed by atoms with Crippen LogP contribution < -0.4 is 5.73 Å². The molecular formula is C14H14BrN. The fourth-order valence-corrected chi connectivity index (χ4v) is 2.83. The van der Waals surface area contributed by atoms with E-state index in [4.69, 9.17) is 5.73 Å². The highest BCUT2D eigenvalue weighted by Crippen LogP contribution is 2.49. The maximum Gasteiger partial charge on any atom is 0.0181 e. The monoisotopic (exact) mass is 275 g/mol. The van der Waals surface area contributed by atoms with Crippen molar-refractivity contribution in [2.45, 2.75) is 18.3 Å². The number of benzene rings is 2. The second-order valence-corrected chi connectivity index (χ2v) is 5.57. The molecular weight excluding hydrogens is 262 g/mol. The minimum atomic E-state index is 0.271. The number of hydrogen-bond donors (Lipinski definition) is 1. The molecule has 0 atom stereocenters. The molecule has 0 radical (unpaired) electrons. The Kier molecular flexibility index (Phi) is 2.30. The molecule has 16 heavy (non-hydrogen) atoms. The highest BCUT2D eigenvalue weighted by molar-refractivity contribution is 9.10. The summed E-state index contributed by atoms with van der Waals surface area (Å²) in [6.07, 6.45) is 2.47. The van der Waals surface area contributed by atoms with Crippen LogP contribution >= 0.6 is 15.9 Å². The van der Waals surface area contributed by atoms with Crippen molar-refractivity contribution >= 4 is 26.7 Å². The van der Waals surface area contributed by atoms with Crippen LogP contribution in [0.2, 0.25) is 0 Å². The van der Waals surface area contributed by atoms with Crippen LogP contribution in [0.5, 0.6) is 0 Å². The van der Waals surface area contributed by atoms with Crippen molar-refractivity contribution in [2.24, 2.45) is 5.73 Å². The Bertz CT molecular complexity index is 543. The first-order valence-electron chi connectivity index (χ1n) is 5.64. The molecule has 0 spiro atoms. The first kappa shape index (κ1) is 10.3. The molecule has 0 aromatic heterocycles. The van der Waals surface area contributed by atoms with E-state index in [9.17, 15) is 0 Å². The van der Waals surface area contributed by atoms with E-state index in [1.165, 1.54) is 29.2 Å². The molecule has 2 heteroatoms. The van der Waals surface area contributed by atoms with Crippen LogP contribution in [0, 0.1) is 0 Å². The Balaban J connectivity index is 2.26. The number of fused-ring (bicyclic) bond motifs is 1. The molecule has 0 heterocycles. The smallest absolute Gasteiger partial charge is 0.0181 e. The highest BCUT2D eigenvalue weighted by atomic mass is 79.9. The zero-order valence-electron chi connectivity index (χ0n) is 9.04. The number of nitrogens with two attached hydrogens (primary N) is 1. The van der Waals surface area contributed by atoms with E-state index in [0.717, 1.165) is 11.0 Å². The fourth-order valence-electron chi connectivity index (χ4n) is 2.45. The molecule has 1 saturated carbocycles.